The van der Waals surface area contributed by atoms with E-state index in [1.54, 1.807) is 0 Å². The third-order valence-electron chi connectivity index (χ3n) is 10.2. The number of hydrogen-bond donors (Lipinski definition) is 0. The summed E-state index contributed by atoms with van der Waals surface area (Å²) >= 11 is 0. The molecule has 0 saturated heterocycles. The Kier molecular flexibility index (Phi) is 7.77. The van der Waals surface area contributed by atoms with Crippen LogP contribution in [0.1, 0.15) is 0 Å². The van der Waals surface area contributed by atoms with Crippen molar-refractivity contribution in [1.29, 1.82) is 0 Å². The molecule has 0 bridgehead atoms. The van der Waals surface area contributed by atoms with Crippen LogP contribution in [0.2, 0.25) is 0 Å². The van der Waals surface area contributed by atoms with E-state index >= 15 is 0 Å². The van der Waals surface area contributed by atoms with Gasteiger partial charge in [0.15, 0.2) is 17.5 Å². The van der Waals surface area contributed by atoms with Gasteiger partial charge < -0.3 is 0 Å². The van der Waals surface area contributed by atoms with Crippen LogP contribution in [0.3, 0.4) is 0 Å². The third kappa shape index (κ3) is 5.76. The maximum atomic E-state index is 5.11. The van der Waals surface area contributed by atoms with Crippen molar-refractivity contribution in [2.45, 2.75) is 0 Å². The molecule has 2 aromatic heterocycles. The molecule has 0 aliphatic heterocycles. The van der Waals surface area contributed by atoms with Crippen LogP contribution in [0.4, 0.5) is 0 Å². The Morgan fingerprint density at radius 1 is 0.278 bits per heavy atom. The van der Waals surface area contributed by atoms with Crippen molar-refractivity contribution < 1.29 is 0 Å². The molecule has 4 heteroatoms. The molecule has 10 rings (SSSR count). The fourth-order valence-corrected chi connectivity index (χ4v) is 7.41. The Balaban J connectivity index is 1.03. The highest BCUT2D eigenvalue weighted by Crippen LogP contribution is 2.37. The molecule has 0 unspecified atom stereocenters. The van der Waals surface area contributed by atoms with Gasteiger partial charge in [0.05, 0.1) is 5.52 Å². The van der Waals surface area contributed by atoms with Gasteiger partial charge in [-0.2, -0.15) is 0 Å². The molecular formula is C50H32N4. The summed E-state index contributed by atoms with van der Waals surface area (Å²) in [4.78, 5) is 19.9. The average Bonchev–Trinajstić information content (AvgIpc) is 3.26. The summed E-state index contributed by atoms with van der Waals surface area (Å²) in [5.74, 6) is 1.92. The van der Waals surface area contributed by atoms with E-state index in [4.69, 9.17) is 19.9 Å². The molecule has 252 valence electrons. The molecular weight excluding hydrogens is 657 g/mol. The Bertz CT molecular complexity index is 2960. The first-order valence-corrected chi connectivity index (χ1v) is 18.1. The normalized spacial score (nSPS) is 11.3. The van der Waals surface area contributed by atoms with Crippen LogP contribution in [0.5, 0.6) is 0 Å². The van der Waals surface area contributed by atoms with E-state index in [1.165, 1.54) is 16.3 Å². The summed E-state index contributed by atoms with van der Waals surface area (Å²) < 4.78 is 0. The minimum Gasteiger partial charge on any atom is -0.256 e. The minimum absolute atomic E-state index is 0.638. The first-order valence-electron chi connectivity index (χ1n) is 18.1. The zero-order valence-corrected chi connectivity index (χ0v) is 29.3. The lowest BCUT2D eigenvalue weighted by atomic mass is 9.93. The topological polar surface area (TPSA) is 51.6 Å². The standard InChI is InChI=1S/C50H32N4/c1-3-11-33(12-4-1)34-21-25-38(26-22-34)49-52-48(37-13-5-2-6-14-37)53-50(54-49)46-30-29-42(43-17-9-10-18-44(43)46)36-23-19-35(20-24-36)39-27-28-45-41-16-8-7-15-40(41)32-51-47(45)31-39/h1-32H. The van der Waals surface area contributed by atoms with Gasteiger partial charge >= 0.3 is 0 Å². The predicted molar refractivity (Wildman–Crippen MR) is 223 cm³/mol. The molecule has 8 aromatic carbocycles. The van der Waals surface area contributed by atoms with Gasteiger partial charge in [-0.25, -0.2) is 15.0 Å². The maximum absolute atomic E-state index is 5.11. The smallest absolute Gasteiger partial charge is 0.164 e. The largest absolute Gasteiger partial charge is 0.256 e. The lowest BCUT2D eigenvalue weighted by Gasteiger charge is -2.14. The van der Waals surface area contributed by atoms with Gasteiger partial charge in [-0.05, 0) is 61.7 Å². The van der Waals surface area contributed by atoms with Crippen molar-refractivity contribution in [3.63, 3.8) is 0 Å². The van der Waals surface area contributed by atoms with Crippen LogP contribution in [0.15, 0.2) is 194 Å². The molecule has 10 aromatic rings. The Morgan fingerprint density at radius 2 is 0.741 bits per heavy atom. The van der Waals surface area contributed by atoms with Crippen LogP contribution >= 0.6 is 0 Å². The second-order valence-corrected chi connectivity index (χ2v) is 13.5. The highest BCUT2D eigenvalue weighted by atomic mass is 15.0. The van der Waals surface area contributed by atoms with Gasteiger partial charge in [-0.15, -0.1) is 0 Å². The highest BCUT2D eigenvalue weighted by molar-refractivity contribution is 6.07. The second-order valence-electron chi connectivity index (χ2n) is 13.5. The molecule has 0 aliphatic carbocycles. The number of nitrogens with zero attached hydrogens (tertiary/aromatic N) is 4. The summed E-state index contributed by atoms with van der Waals surface area (Å²) in [5, 5.41) is 5.77. The molecule has 0 N–H and O–H groups in total. The number of rotatable bonds is 6. The van der Waals surface area contributed by atoms with Crippen LogP contribution in [-0.4, -0.2) is 19.9 Å². The van der Waals surface area contributed by atoms with Crippen LogP contribution in [0, 0.1) is 0 Å². The lowest BCUT2D eigenvalue weighted by Crippen LogP contribution is -2.00. The van der Waals surface area contributed by atoms with Crippen molar-refractivity contribution in [2.24, 2.45) is 0 Å². The summed E-state index contributed by atoms with van der Waals surface area (Å²) in [6, 6.07) is 65.6. The van der Waals surface area contributed by atoms with E-state index in [0.717, 1.165) is 66.2 Å². The number of fused-ring (bicyclic) bond motifs is 4. The second kappa shape index (κ2) is 13.4. The summed E-state index contributed by atoms with van der Waals surface area (Å²) in [6.07, 6.45) is 1.96. The minimum atomic E-state index is 0.638. The molecule has 0 aliphatic rings. The van der Waals surface area contributed by atoms with E-state index < -0.39 is 0 Å². The van der Waals surface area contributed by atoms with Crippen molar-refractivity contribution >= 4 is 32.4 Å². The number of aromatic nitrogens is 4. The van der Waals surface area contributed by atoms with E-state index in [2.05, 4.69) is 152 Å². The van der Waals surface area contributed by atoms with E-state index in [1.807, 2.05) is 42.6 Å². The summed E-state index contributed by atoms with van der Waals surface area (Å²) in [6.45, 7) is 0. The molecule has 0 saturated carbocycles. The zero-order chi connectivity index (χ0) is 35.8. The van der Waals surface area contributed by atoms with Gasteiger partial charge in [-0.1, -0.05) is 176 Å². The van der Waals surface area contributed by atoms with Crippen molar-refractivity contribution in [3.05, 3.63) is 194 Å². The number of hydrogen-bond acceptors (Lipinski definition) is 4. The molecule has 0 amide bonds. The molecule has 54 heavy (non-hydrogen) atoms. The third-order valence-corrected chi connectivity index (χ3v) is 10.2. The fraction of sp³-hybridized carbons (Fsp3) is 0. The lowest BCUT2D eigenvalue weighted by molar-refractivity contribution is 1.08. The first-order chi connectivity index (χ1) is 26.7. The number of benzene rings is 8. The van der Waals surface area contributed by atoms with Gasteiger partial charge in [-0.3, -0.25) is 4.98 Å². The SMILES string of the molecule is c1ccc(-c2ccc(-c3nc(-c4ccccc4)nc(-c4ccc(-c5ccc(-c6ccc7c(c6)ncc6ccccc67)cc5)c5ccccc45)n3)cc2)cc1. The molecule has 2 heterocycles. The average molecular weight is 689 g/mol. The molecule has 0 atom stereocenters. The van der Waals surface area contributed by atoms with E-state index in [-0.39, 0.29) is 0 Å². The van der Waals surface area contributed by atoms with Crippen molar-refractivity contribution in [1.82, 2.24) is 19.9 Å². The van der Waals surface area contributed by atoms with Gasteiger partial charge in [0.25, 0.3) is 0 Å². The number of pyridine rings is 1. The Hall–Kier alpha value is -7.30. The van der Waals surface area contributed by atoms with E-state index in [9.17, 15) is 0 Å². The zero-order valence-electron chi connectivity index (χ0n) is 29.3. The van der Waals surface area contributed by atoms with Crippen LogP contribution in [-0.2, 0) is 0 Å². The molecule has 0 radical (unpaired) electrons. The molecule has 0 fully saturated rings. The summed E-state index contributed by atoms with van der Waals surface area (Å²) in [5.41, 5.74) is 10.8. The Morgan fingerprint density at radius 3 is 1.44 bits per heavy atom. The predicted octanol–water partition coefficient (Wildman–Crippen LogP) is 12.7. The van der Waals surface area contributed by atoms with Gasteiger partial charge in [0, 0.05) is 33.7 Å². The Labute approximate surface area is 313 Å². The highest BCUT2D eigenvalue weighted by Gasteiger charge is 2.16. The monoisotopic (exact) mass is 688 g/mol. The maximum Gasteiger partial charge on any atom is 0.164 e. The van der Waals surface area contributed by atoms with Gasteiger partial charge in [0.1, 0.15) is 0 Å². The first kappa shape index (κ1) is 31.4. The molecule has 0 spiro atoms. The van der Waals surface area contributed by atoms with Gasteiger partial charge in [0.2, 0.25) is 0 Å². The van der Waals surface area contributed by atoms with Crippen molar-refractivity contribution in [3.8, 4) is 67.5 Å². The van der Waals surface area contributed by atoms with E-state index in [0.29, 0.717) is 17.5 Å². The molecule has 4 nitrogen and oxygen atoms in total. The fourth-order valence-electron chi connectivity index (χ4n) is 7.41. The quantitative estimate of drug-likeness (QED) is 0.163. The summed E-state index contributed by atoms with van der Waals surface area (Å²) in [7, 11) is 0. The van der Waals surface area contributed by atoms with Crippen LogP contribution in [0.25, 0.3) is 100.0 Å². The van der Waals surface area contributed by atoms with Crippen molar-refractivity contribution in [2.75, 3.05) is 0 Å². The van der Waals surface area contributed by atoms with Crippen LogP contribution < -0.4 is 0 Å².